The van der Waals surface area contributed by atoms with Gasteiger partial charge in [-0.1, -0.05) is 19.0 Å². The van der Waals surface area contributed by atoms with E-state index in [-0.39, 0.29) is 5.84 Å². The number of benzene rings is 1. The molecule has 0 amide bonds. The van der Waals surface area contributed by atoms with Gasteiger partial charge in [-0.15, -0.1) is 0 Å². The number of hydrogen-bond donors (Lipinski definition) is 2. The maximum Gasteiger partial charge on any atom is 0.170 e. The Morgan fingerprint density at radius 1 is 1.38 bits per heavy atom. The summed E-state index contributed by atoms with van der Waals surface area (Å²) in [5.74, 6) is 0.756. The van der Waals surface area contributed by atoms with Crippen LogP contribution in [0.25, 0.3) is 0 Å². The molecule has 0 saturated heterocycles. The van der Waals surface area contributed by atoms with E-state index in [1.165, 1.54) is 0 Å². The third-order valence-corrected chi connectivity index (χ3v) is 2.35. The van der Waals surface area contributed by atoms with Crippen molar-refractivity contribution in [3.8, 4) is 0 Å². The quantitative estimate of drug-likeness (QED) is 0.353. The van der Waals surface area contributed by atoms with E-state index >= 15 is 0 Å². The minimum absolute atomic E-state index is 0.137. The van der Waals surface area contributed by atoms with Crippen molar-refractivity contribution in [2.45, 2.75) is 13.8 Å². The van der Waals surface area contributed by atoms with Gasteiger partial charge in [-0.3, -0.25) is 0 Å². The van der Waals surface area contributed by atoms with Crippen molar-refractivity contribution in [1.82, 2.24) is 0 Å². The molecule has 0 radical (unpaired) electrons. The summed E-state index contributed by atoms with van der Waals surface area (Å²) in [6.07, 6.45) is 0. The summed E-state index contributed by atoms with van der Waals surface area (Å²) in [7, 11) is 2.05. The largest absolute Gasteiger partial charge is 0.409 e. The molecule has 0 bridgehead atoms. The van der Waals surface area contributed by atoms with Crippen LogP contribution in [0.5, 0.6) is 0 Å². The minimum Gasteiger partial charge on any atom is -0.409 e. The fourth-order valence-corrected chi connectivity index (χ4v) is 1.60. The Balaban J connectivity index is 2.78. The van der Waals surface area contributed by atoms with Crippen molar-refractivity contribution in [3.05, 3.63) is 29.8 Å². The first kappa shape index (κ1) is 12.4. The molecule has 0 fully saturated rings. The lowest BCUT2D eigenvalue weighted by Gasteiger charge is -2.21. The molecule has 4 nitrogen and oxygen atoms in total. The monoisotopic (exact) mass is 221 g/mol. The van der Waals surface area contributed by atoms with Gasteiger partial charge in [0.2, 0.25) is 0 Å². The zero-order chi connectivity index (χ0) is 12.1. The van der Waals surface area contributed by atoms with Gasteiger partial charge in [-0.2, -0.15) is 0 Å². The summed E-state index contributed by atoms with van der Waals surface area (Å²) in [5, 5.41) is 11.5. The predicted molar refractivity (Wildman–Crippen MR) is 67.1 cm³/mol. The van der Waals surface area contributed by atoms with Gasteiger partial charge in [-0.05, 0) is 30.2 Å². The molecule has 4 heteroatoms. The molecule has 0 spiro atoms. The van der Waals surface area contributed by atoms with Gasteiger partial charge in [0.1, 0.15) is 0 Å². The lowest BCUT2D eigenvalue weighted by atomic mass is 10.1. The van der Waals surface area contributed by atoms with Crippen molar-refractivity contribution < 1.29 is 5.21 Å². The highest BCUT2D eigenvalue weighted by molar-refractivity contribution is 5.97. The molecule has 0 atom stereocenters. The van der Waals surface area contributed by atoms with E-state index in [1.807, 2.05) is 24.3 Å². The van der Waals surface area contributed by atoms with Gasteiger partial charge in [0.25, 0.3) is 0 Å². The molecule has 0 aliphatic carbocycles. The summed E-state index contributed by atoms with van der Waals surface area (Å²) in [4.78, 5) is 2.18. The summed E-state index contributed by atoms with van der Waals surface area (Å²) in [6, 6.07) is 7.63. The number of hydrogen-bond acceptors (Lipinski definition) is 3. The Morgan fingerprint density at radius 2 is 1.94 bits per heavy atom. The number of nitrogens with two attached hydrogens (primary N) is 1. The molecule has 0 saturated carbocycles. The Bertz CT molecular complexity index is 357. The maximum absolute atomic E-state index is 8.54. The Kier molecular flexibility index (Phi) is 4.17. The maximum atomic E-state index is 8.54. The van der Waals surface area contributed by atoms with Crippen molar-refractivity contribution in [3.63, 3.8) is 0 Å². The Morgan fingerprint density at radius 3 is 2.38 bits per heavy atom. The highest BCUT2D eigenvalue weighted by Gasteiger charge is 2.04. The van der Waals surface area contributed by atoms with Crippen LogP contribution in [-0.4, -0.2) is 24.6 Å². The Labute approximate surface area is 96.4 Å². The summed E-state index contributed by atoms with van der Waals surface area (Å²) in [6.45, 7) is 5.37. The van der Waals surface area contributed by atoms with Crippen LogP contribution < -0.4 is 10.6 Å². The summed E-state index contributed by atoms with van der Waals surface area (Å²) < 4.78 is 0. The van der Waals surface area contributed by atoms with Crippen LogP contribution in [0.4, 0.5) is 5.69 Å². The van der Waals surface area contributed by atoms with E-state index in [0.717, 1.165) is 17.8 Å². The fourth-order valence-electron chi connectivity index (χ4n) is 1.60. The smallest absolute Gasteiger partial charge is 0.170 e. The SMILES string of the molecule is CC(C)CN(C)c1ccc(/C(N)=N/O)cc1. The molecule has 0 aromatic heterocycles. The third kappa shape index (κ3) is 3.15. The van der Waals surface area contributed by atoms with Crippen molar-refractivity contribution in [1.29, 1.82) is 0 Å². The minimum atomic E-state index is 0.137. The molecule has 0 heterocycles. The Hall–Kier alpha value is -1.71. The van der Waals surface area contributed by atoms with Crippen molar-refractivity contribution in [2.75, 3.05) is 18.5 Å². The number of amidine groups is 1. The van der Waals surface area contributed by atoms with Crippen molar-refractivity contribution in [2.24, 2.45) is 16.8 Å². The standard InChI is InChI=1S/C12H19N3O/c1-9(2)8-15(3)11-6-4-10(5-7-11)12(13)14-16/h4-7,9,16H,8H2,1-3H3,(H2,13,14). The lowest BCUT2D eigenvalue weighted by molar-refractivity contribution is 0.318. The zero-order valence-corrected chi connectivity index (χ0v) is 10.0. The van der Waals surface area contributed by atoms with Crippen LogP contribution >= 0.6 is 0 Å². The molecular weight excluding hydrogens is 202 g/mol. The average molecular weight is 221 g/mol. The second-order valence-electron chi connectivity index (χ2n) is 4.31. The van der Waals surface area contributed by atoms with Gasteiger partial charge in [-0.25, -0.2) is 0 Å². The van der Waals surface area contributed by atoms with E-state index in [2.05, 4.69) is 31.0 Å². The first-order chi connectivity index (χ1) is 7.54. The third-order valence-electron chi connectivity index (χ3n) is 2.35. The first-order valence-corrected chi connectivity index (χ1v) is 5.33. The van der Waals surface area contributed by atoms with Gasteiger partial charge >= 0.3 is 0 Å². The lowest BCUT2D eigenvalue weighted by Crippen LogP contribution is -2.22. The molecule has 1 aromatic rings. The van der Waals surface area contributed by atoms with E-state index in [0.29, 0.717) is 5.92 Å². The van der Waals surface area contributed by atoms with Gasteiger partial charge in [0, 0.05) is 24.8 Å². The van der Waals surface area contributed by atoms with Crippen LogP contribution in [-0.2, 0) is 0 Å². The van der Waals surface area contributed by atoms with Crippen LogP contribution in [0, 0.1) is 5.92 Å². The average Bonchev–Trinajstić information content (AvgIpc) is 2.27. The highest BCUT2D eigenvalue weighted by Crippen LogP contribution is 2.14. The van der Waals surface area contributed by atoms with Crippen LogP contribution in [0.3, 0.4) is 0 Å². The van der Waals surface area contributed by atoms with E-state index in [1.54, 1.807) is 0 Å². The number of oxime groups is 1. The number of nitrogens with zero attached hydrogens (tertiary/aromatic N) is 2. The normalized spacial score (nSPS) is 11.9. The summed E-state index contributed by atoms with van der Waals surface area (Å²) >= 11 is 0. The molecule has 0 aliphatic rings. The molecule has 0 aliphatic heterocycles. The molecule has 0 unspecified atom stereocenters. The second kappa shape index (κ2) is 5.39. The van der Waals surface area contributed by atoms with Crippen molar-refractivity contribution >= 4 is 11.5 Å². The van der Waals surface area contributed by atoms with E-state index in [9.17, 15) is 0 Å². The number of rotatable bonds is 4. The number of anilines is 1. The second-order valence-corrected chi connectivity index (χ2v) is 4.31. The van der Waals surface area contributed by atoms with Crippen LogP contribution in [0.1, 0.15) is 19.4 Å². The van der Waals surface area contributed by atoms with Gasteiger partial charge in [0.15, 0.2) is 5.84 Å². The fraction of sp³-hybridized carbons (Fsp3) is 0.417. The van der Waals surface area contributed by atoms with Crippen LogP contribution in [0.2, 0.25) is 0 Å². The molecule has 1 rings (SSSR count). The molecular formula is C12H19N3O. The topological polar surface area (TPSA) is 61.8 Å². The molecule has 3 N–H and O–H groups in total. The molecule has 1 aromatic carbocycles. The predicted octanol–water partition coefficient (Wildman–Crippen LogP) is 1.87. The van der Waals surface area contributed by atoms with Crippen LogP contribution in [0.15, 0.2) is 29.4 Å². The van der Waals surface area contributed by atoms with E-state index < -0.39 is 0 Å². The van der Waals surface area contributed by atoms with E-state index in [4.69, 9.17) is 10.9 Å². The van der Waals surface area contributed by atoms with Gasteiger partial charge < -0.3 is 15.8 Å². The molecule has 88 valence electrons. The molecule has 16 heavy (non-hydrogen) atoms. The first-order valence-electron chi connectivity index (χ1n) is 5.33. The highest BCUT2D eigenvalue weighted by atomic mass is 16.4. The van der Waals surface area contributed by atoms with Gasteiger partial charge in [0.05, 0.1) is 0 Å². The summed E-state index contributed by atoms with van der Waals surface area (Å²) in [5.41, 5.74) is 7.34. The zero-order valence-electron chi connectivity index (χ0n) is 10.0.